The normalized spacial score (nSPS) is 11.7. The number of Topliss-reactive ketones (excluding diaryl/α,β-unsaturated/α-hetero) is 1. The van der Waals surface area contributed by atoms with E-state index in [2.05, 4.69) is 81.6 Å². The van der Waals surface area contributed by atoms with Gasteiger partial charge in [0.1, 0.15) is 28.5 Å². The number of aliphatic hydroxyl groups excluding tert-OH is 1. The first kappa shape index (κ1) is 73.9. The smallest absolute Gasteiger partial charge is 0.314 e. The molecule has 22 nitrogen and oxygen atoms in total. The van der Waals surface area contributed by atoms with Crippen LogP contribution >= 0.6 is 22.7 Å². The Morgan fingerprint density at radius 2 is 1.07 bits per heavy atom. The summed E-state index contributed by atoms with van der Waals surface area (Å²) in [4.78, 5) is 58.0. The van der Waals surface area contributed by atoms with E-state index in [4.69, 9.17) is 53.2 Å². The van der Waals surface area contributed by atoms with E-state index in [9.17, 15) is 24.4 Å². The Hall–Kier alpha value is -7.36. The lowest BCUT2D eigenvalue weighted by Gasteiger charge is -2.25. The third kappa shape index (κ3) is 28.8. The molecular weight excluding hydrogens is 1150 g/mol. The second kappa shape index (κ2) is 44.1. The SMILES string of the molecule is O=C1CCC(=O)O1.[C-]#[N+]c1c(N=Nc2ccc(N(CCCCCC)CCOCCOCCOCCOCCOC(=O)CCC(C)=O)cc2C)sc(C#N)c1C.[C-]#[N+]c1sc(N=Nc2ccc(N(CCCCCC)CCOCCO)cc2C)c([N+]#[C-])c1C. The third-order valence-corrected chi connectivity index (χ3v) is 15.2. The maximum Gasteiger partial charge on any atom is 0.314 e. The summed E-state index contributed by atoms with van der Waals surface area (Å²) in [5, 5.41) is 37.0. The Labute approximate surface area is 520 Å². The Morgan fingerprint density at radius 1 is 0.609 bits per heavy atom. The zero-order chi connectivity index (χ0) is 63.6. The number of hydrogen-bond acceptors (Lipinski definition) is 21. The number of nitrogens with zero attached hydrogens (tertiary/aromatic N) is 10. The number of aryl methyl sites for hydroxylation is 2. The number of carbonyl (C=O) groups is 4. The van der Waals surface area contributed by atoms with Crippen LogP contribution in [0.3, 0.4) is 0 Å². The first-order valence-corrected chi connectivity index (χ1v) is 31.0. The molecule has 24 heteroatoms. The van der Waals surface area contributed by atoms with Crippen LogP contribution in [0.15, 0.2) is 56.9 Å². The van der Waals surface area contributed by atoms with E-state index < -0.39 is 17.9 Å². The van der Waals surface area contributed by atoms with Crippen molar-refractivity contribution in [3.05, 3.63) is 97.8 Å². The van der Waals surface area contributed by atoms with Crippen molar-refractivity contribution in [2.45, 2.75) is 126 Å². The maximum atomic E-state index is 11.4. The molecule has 1 aliphatic rings. The summed E-state index contributed by atoms with van der Waals surface area (Å²) in [5.74, 6) is -1.23. The lowest BCUT2D eigenvalue weighted by molar-refractivity contribution is -0.152. The number of azo groups is 2. The number of rotatable bonds is 39. The van der Waals surface area contributed by atoms with E-state index in [1.165, 1.54) is 68.1 Å². The number of ether oxygens (including phenoxy) is 7. The summed E-state index contributed by atoms with van der Waals surface area (Å²) < 4.78 is 36.9. The fourth-order valence-corrected chi connectivity index (χ4v) is 9.87. The molecule has 0 spiro atoms. The molecule has 2 aromatic carbocycles. The number of unbranched alkanes of at least 4 members (excludes halogenated alkanes) is 6. The van der Waals surface area contributed by atoms with Gasteiger partial charge in [0, 0.05) is 44.0 Å². The molecule has 1 N–H and O–H groups in total. The van der Waals surface area contributed by atoms with Crippen LogP contribution in [0.5, 0.6) is 0 Å². The highest BCUT2D eigenvalue weighted by molar-refractivity contribution is 7.20. The number of nitriles is 1. The minimum Gasteiger partial charge on any atom is -0.463 e. The van der Waals surface area contributed by atoms with Gasteiger partial charge < -0.3 is 52.9 Å². The van der Waals surface area contributed by atoms with Crippen molar-refractivity contribution >= 4 is 95.5 Å². The highest BCUT2D eigenvalue weighted by Gasteiger charge is 2.20. The first-order valence-electron chi connectivity index (χ1n) is 29.4. The monoisotopic (exact) mass is 1240 g/mol. The fraction of sp³-hybridized carbons (Fsp3) is 0.556. The minimum atomic E-state index is -0.398. The van der Waals surface area contributed by atoms with Crippen LogP contribution in [0, 0.1) is 58.7 Å². The van der Waals surface area contributed by atoms with Gasteiger partial charge in [-0.25, -0.2) is 14.5 Å². The topological polar surface area (TPSA) is 246 Å². The standard InChI is InChI=1S/C35H49N5O7S.C24H31N5O2S.C4H4O3/c1-6-7-8-9-14-40(30-11-12-31(27(2)25-30)38-39-35-34(37-5)29(4)32(26-36)48-35)15-16-43-17-18-44-19-20-45-21-22-46-23-24-47-33(42)13-10-28(3)41;1-6-7-8-9-12-29(13-15-31-16-14-30)20-10-11-21(18(2)17-20)27-28-24-22(25-4)19(3)23(26-5)32-24;5-3-1-2-4(6)7-3/h11-12,25H,6-10,13-24H2,1-4H3;10-11,17,30H,6-9,12-16H2,1-3H3;1-2H2. The van der Waals surface area contributed by atoms with Crippen molar-refractivity contribution in [2.24, 2.45) is 20.5 Å². The van der Waals surface area contributed by atoms with E-state index in [1.807, 2.05) is 38.1 Å². The average Bonchev–Trinajstić information content (AvgIpc) is 3.63. The number of benzene rings is 2. The highest BCUT2D eigenvalue weighted by atomic mass is 32.1. The predicted octanol–water partition coefficient (Wildman–Crippen LogP) is 14.7. The Morgan fingerprint density at radius 3 is 1.48 bits per heavy atom. The number of cyclic esters (lactones) is 2. The van der Waals surface area contributed by atoms with Gasteiger partial charge in [0.2, 0.25) is 16.4 Å². The molecule has 2 aromatic heterocycles. The fourth-order valence-electron chi connectivity index (χ4n) is 8.15. The van der Waals surface area contributed by atoms with Gasteiger partial charge in [0.15, 0.2) is 0 Å². The van der Waals surface area contributed by atoms with E-state index >= 15 is 0 Å². The molecule has 1 aliphatic heterocycles. The van der Waals surface area contributed by atoms with Crippen molar-refractivity contribution < 1.29 is 57.4 Å². The number of hydrogen-bond donors (Lipinski definition) is 1. The van der Waals surface area contributed by atoms with Crippen molar-refractivity contribution in [1.29, 1.82) is 5.26 Å². The first-order chi connectivity index (χ1) is 42.1. The summed E-state index contributed by atoms with van der Waals surface area (Å²) in [7, 11) is 0. The highest BCUT2D eigenvalue weighted by Crippen LogP contribution is 2.47. The summed E-state index contributed by atoms with van der Waals surface area (Å²) in [6.07, 6.45) is 10.2. The van der Waals surface area contributed by atoms with Crippen molar-refractivity contribution in [2.75, 3.05) is 115 Å². The number of thiophene rings is 2. The molecule has 1 fully saturated rings. The molecule has 0 atom stereocenters. The molecule has 0 saturated carbocycles. The number of ketones is 1. The second-order valence-corrected chi connectivity index (χ2v) is 21.8. The molecule has 87 heavy (non-hydrogen) atoms. The number of aliphatic hydroxyl groups is 1. The molecule has 0 radical (unpaired) electrons. The van der Waals surface area contributed by atoms with Crippen molar-refractivity contribution in [3.63, 3.8) is 0 Å². The lowest BCUT2D eigenvalue weighted by atomic mass is 10.1. The largest absolute Gasteiger partial charge is 0.463 e. The summed E-state index contributed by atoms with van der Waals surface area (Å²) in [6, 6.07) is 14.3. The van der Waals surface area contributed by atoms with E-state index in [-0.39, 0.29) is 51.3 Å². The van der Waals surface area contributed by atoms with Gasteiger partial charge in [0.25, 0.3) is 0 Å². The minimum absolute atomic E-state index is 0.0334. The Kier molecular flexibility index (Phi) is 37.5. The number of esters is 3. The van der Waals surface area contributed by atoms with Gasteiger partial charge in [-0.15, -0.1) is 22.7 Å². The van der Waals surface area contributed by atoms with Gasteiger partial charge in [-0.1, -0.05) is 59.3 Å². The van der Waals surface area contributed by atoms with Crippen LogP contribution in [0.4, 0.5) is 49.1 Å². The molecule has 0 bridgehead atoms. The lowest BCUT2D eigenvalue weighted by Crippen LogP contribution is -2.29. The summed E-state index contributed by atoms with van der Waals surface area (Å²) in [5.41, 5.74) is 7.72. The molecule has 0 aliphatic carbocycles. The van der Waals surface area contributed by atoms with Crippen LogP contribution < -0.4 is 9.80 Å². The summed E-state index contributed by atoms with van der Waals surface area (Å²) in [6.45, 7) is 43.4. The van der Waals surface area contributed by atoms with Gasteiger partial charge in [-0.2, -0.15) is 25.7 Å². The maximum absolute atomic E-state index is 11.4. The van der Waals surface area contributed by atoms with Crippen LogP contribution in [-0.2, 0) is 52.3 Å². The Bertz CT molecular complexity index is 2980. The van der Waals surface area contributed by atoms with Crippen molar-refractivity contribution in [3.8, 4) is 6.07 Å². The Balaban J connectivity index is 0.000000433. The van der Waals surface area contributed by atoms with Crippen LogP contribution in [0.25, 0.3) is 14.5 Å². The van der Waals surface area contributed by atoms with Crippen molar-refractivity contribution in [1.82, 2.24) is 0 Å². The average molecular weight is 1240 g/mol. The van der Waals surface area contributed by atoms with Crippen LogP contribution in [0.1, 0.15) is 125 Å². The number of anilines is 2. The van der Waals surface area contributed by atoms with Gasteiger partial charge in [0.05, 0.1) is 128 Å². The van der Waals surface area contributed by atoms with E-state index in [1.54, 1.807) is 13.8 Å². The van der Waals surface area contributed by atoms with Crippen LogP contribution in [-0.4, -0.2) is 134 Å². The zero-order valence-electron chi connectivity index (χ0n) is 51.5. The van der Waals surface area contributed by atoms with Gasteiger partial charge in [-0.05, 0) is 99.2 Å². The second-order valence-electron chi connectivity index (χ2n) is 19.8. The molecule has 3 heterocycles. The molecular formula is C63H84N10O12S2. The predicted molar refractivity (Wildman–Crippen MR) is 337 cm³/mol. The molecule has 0 amide bonds. The molecule has 4 aromatic rings. The molecule has 5 rings (SSSR count). The van der Waals surface area contributed by atoms with E-state index in [0.29, 0.717) is 102 Å². The zero-order valence-corrected chi connectivity index (χ0v) is 53.1. The van der Waals surface area contributed by atoms with Gasteiger partial charge >= 0.3 is 17.9 Å². The molecule has 0 unspecified atom stereocenters. The third-order valence-electron chi connectivity index (χ3n) is 13.0. The molecule has 470 valence electrons. The van der Waals surface area contributed by atoms with Gasteiger partial charge in [-0.3, -0.25) is 14.4 Å². The quantitative estimate of drug-likeness (QED) is 0.0143. The molecule has 1 saturated heterocycles. The number of carbonyl (C=O) groups excluding carboxylic acids is 4. The van der Waals surface area contributed by atoms with Crippen LogP contribution in [0.2, 0.25) is 0 Å². The van der Waals surface area contributed by atoms with E-state index in [0.717, 1.165) is 72.9 Å². The summed E-state index contributed by atoms with van der Waals surface area (Å²) >= 11 is 2.39.